The van der Waals surface area contributed by atoms with Crippen LogP contribution in [0.3, 0.4) is 0 Å². The summed E-state index contributed by atoms with van der Waals surface area (Å²) in [4.78, 5) is 30.8. The van der Waals surface area contributed by atoms with Crippen LogP contribution in [0.25, 0.3) is 0 Å². The number of nitrogens with one attached hydrogen (secondary N) is 4. The molecular formula is C43H77N7O3. The predicted octanol–water partition coefficient (Wildman–Crippen LogP) is 6.50. The van der Waals surface area contributed by atoms with Crippen molar-refractivity contribution in [2.75, 3.05) is 67.0 Å². The van der Waals surface area contributed by atoms with Crippen LogP contribution in [0.2, 0.25) is 0 Å². The SMILES string of the molecule is C.CC(C)(C)NCCN1C(=O)NC(C)(c2ccccc2)C1=O.CN(C)CCNC(C)(C)C.COc1ccc(CCN2CCC(NC(C)(C)C)CC2)cc1. The van der Waals surface area contributed by atoms with E-state index in [4.69, 9.17) is 4.74 Å². The summed E-state index contributed by atoms with van der Waals surface area (Å²) in [5, 5.41) is 13.2. The molecule has 2 aromatic carbocycles. The van der Waals surface area contributed by atoms with Crippen molar-refractivity contribution in [3.63, 3.8) is 0 Å². The number of carbonyl (C=O) groups excluding carboxylic acids is 2. The van der Waals surface area contributed by atoms with Gasteiger partial charge >= 0.3 is 6.03 Å². The van der Waals surface area contributed by atoms with Gasteiger partial charge in [-0.1, -0.05) is 49.9 Å². The Labute approximate surface area is 324 Å². The molecule has 10 nitrogen and oxygen atoms in total. The fourth-order valence-corrected chi connectivity index (χ4v) is 6.06. The Bertz CT molecular complexity index is 1320. The molecule has 0 aliphatic carbocycles. The van der Waals surface area contributed by atoms with Crippen LogP contribution in [0.4, 0.5) is 4.79 Å². The molecule has 3 amide bonds. The van der Waals surface area contributed by atoms with Gasteiger partial charge in [-0.2, -0.15) is 0 Å². The summed E-state index contributed by atoms with van der Waals surface area (Å²) < 4.78 is 5.20. The Hall–Kier alpha value is -3.02. The Morgan fingerprint density at radius 3 is 1.85 bits per heavy atom. The minimum Gasteiger partial charge on any atom is -0.497 e. The molecule has 302 valence electrons. The van der Waals surface area contributed by atoms with Crippen molar-refractivity contribution in [1.82, 2.24) is 36.0 Å². The van der Waals surface area contributed by atoms with Crippen molar-refractivity contribution in [2.45, 2.75) is 124 Å². The van der Waals surface area contributed by atoms with Crippen molar-refractivity contribution in [3.8, 4) is 5.75 Å². The zero-order valence-corrected chi connectivity index (χ0v) is 34.9. The number of amides is 3. The van der Waals surface area contributed by atoms with Crippen molar-refractivity contribution < 1.29 is 14.3 Å². The molecule has 1 unspecified atom stereocenters. The van der Waals surface area contributed by atoms with E-state index in [-0.39, 0.29) is 36.0 Å². The smallest absolute Gasteiger partial charge is 0.325 e. The van der Waals surface area contributed by atoms with E-state index in [0.717, 1.165) is 37.4 Å². The lowest BCUT2D eigenvalue weighted by atomic mass is 9.92. The highest BCUT2D eigenvalue weighted by atomic mass is 16.5. The third-order valence-electron chi connectivity index (χ3n) is 8.93. The van der Waals surface area contributed by atoms with Gasteiger partial charge in [0.25, 0.3) is 5.91 Å². The van der Waals surface area contributed by atoms with Gasteiger partial charge in [-0.15, -0.1) is 0 Å². The van der Waals surface area contributed by atoms with Crippen LogP contribution in [0, 0.1) is 0 Å². The first-order valence-corrected chi connectivity index (χ1v) is 19.1. The second-order valence-electron chi connectivity index (χ2n) is 17.6. The van der Waals surface area contributed by atoms with Crippen LogP contribution in [0.1, 0.15) is 101 Å². The molecule has 4 N–H and O–H groups in total. The third kappa shape index (κ3) is 18.7. The fraction of sp³-hybridized carbons (Fsp3) is 0.674. The lowest BCUT2D eigenvalue weighted by molar-refractivity contribution is -0.131. The zero-order valence-electron chi connectivity index (χ0n) is 34.9. The van der Waals surface area contributed by atoms with Crippen molar-refractivity contribution in [1.29, 1.82) is 0 Å². The molecule has 2 fully saturated rings. The molecule has 0 radical (unpaired) electrons. The highest BCUT2D eigenvalue weighted by Gasteiger charge is 2.48. The van der Waals surface area contributed by atoms with Gasteiger partial charge in [-0.25, -0.2) is 4.79 Å². The number of hydrogen-bond donors (Lipinski definition) is 4. The van der Waals surface area contributed by atoms with Crippen LogP contribution in [-0.2, 0) is 16.8 Å². The zero-order chi connectivity index (χ0) is 39.2. The van der Waals surface area contributed by atoms with Gasteiger partial charge in [0.15, 0.2) is 0 Å². The largest absolute Gasteiger partial charge is 0.497 e. The average molecular weight is 740 g/mol. The fourth-order valence-electron chi connectivity index (χ4n) is 6.06. The van der Waals surface area contributed by atoms with Gasteiger partial charge in [0.05, 0.1) is 7.11 Å². The topological polar surface area (TPSA) is 101 Å². The molecule has 0 bridgehead atoms. The van der Waals surface area contributed by atoms with Crippen molar-refractivity contribution in [2.24, 2.45) is 0 Å². The monoisotopic (exact) mass is 740 g/mol. The number of likely N-dealkylation sites (tertiary alicyclic amines) is 1. The van der Waals surface area contributed by atoms with E-state index < -0.39 is 5.54 Å². The Balaban J connectivity index is 0.000000420. The molecular weight excluding hydrogens is 663 g/mol. The van der Waals surface area contributed by atoms with Gasteiger partial charge in [-0.3, -0.25) is 9.69 Å². The molecule has 2 aliphatic rings. The molecule has 0 saturated carbocycles. The minimum absolute atomic E-state index is 0. The number of methoxy groups -OCH3 is 1. The number of benzene rings is 2. The van der Waals surface area contributed by atoms with Crippen molar-refractivity contribution >= 4 is 11.9 Å². The second kappa shape index (κ2) is 21.8. The highest BCUT2D eigenvalue weighted by molar-refractivity contribution is 6.07. The van der Waals surface area contributed by atoms with Gasteiger partial charge in [0, 0.05) is 55.4 Å². The number of urea groups is 1. The first kappa shape index (κ1) is 48.0. The number of hydrogen-bond acceptors (Lipinski definition) is 8. The molecule has 2 saturated heterocycles. The van der Waals surface area contributed by atoms with Gasteiger partial charge in [-0.05, 0) is 139 Å². The highest BCUT2D eigenvalue weighted by Crippen LogP contribution is 2.28. The summed E-state index contributed by atoms with van der Waals surface area (Å²) >= 11 is 0. The van der Waals surface area contributed by atoms with E-state index >= 15 is 0 Å². The standard InChI is InChI=1S/C18H30N2O.C16H23N3O2.C8H20N2.CH4/c1-18(2,3)19-16-10-13-20(14-11-16)12-9-15-5-7-17(21-4)8-6-15;1-15(2,3)17-10-11-19-13(20)16(4,18-14(19)21)12-8-6-5-7-9-12;1-8(2,3)9-6-7-10(4)5;/h5-8,16,19H,9-14H2,1-4H3;5-9,17H,10-11H2,1-4H3,(H,18,21);9H,6-7H2,1-5H3;1H4. The number of rotatable bonds is 12. The quantitative estimate of drug-likeness (QED) is 0.183. The normalized spacial score (nSPS) is 18.4. The summed E-state index contributed by atoms with van der Waals surface area (Å²) in [6.07, 6.45) is 3.65. The minimum atomic E-state index is -0.972. The molecule has 10 heteroatoms. The van der Waals surface area contributed by atoms with E-state index in [1.807, 2.05) is 51.1 Å². The van der Waals surface area contributed by atoms with E-state index in [1.165, 1.54) is 36.4 Å². The molecule has 0 aromatic heterocycles. The Morgan fingerprint density at radius 1 is 0.811 bits per heavy atom. The molecule has 2 aromatic rings. The summed E-state index contributed by atoms with van der Waals surface area (Å²) in [6.45, 7) is 27.9. The molecule has 4 rings (SSSR count). The van der Waals surface area contributed by atoms with Crippen molar-refractivity contribution in [3.05, 3.63) is 65.7 Å². The molecule has 53 heavy (non-hydrogen) atoms. The molecule has 1 atom stereocenters. The van der Waals surface area contributed by atoms with Crippen LogP contribution in [-0.4, -0.2) is 116 Å². The first-order chi connectivity index (χ1) is 24.1. The Kier molecular flexibility index (Phi) is 19.7. The number of ether oxygens (including phenoxy) is 1. The van der Waals surface area contributed by atoms with E-state index in [9.17, 15) is 9.59 Å². The first-order valence-electron chi connectivity index (χ1n) is 19.1. The summed E-state index contributed by atoms with van der Waals surface area (Å²) in [6, 6.07) is 18.1. The average Bonchev–Trinajstić information content (AvgIpc) is 3.27. The number of imide groups is 1. The summed E-state index contributed by atoms with van der Waals surface area (Å²) in [7, 11) is 5.89. The maximum Gasteiger partial charge on any atom is 0.325 e. The molecule has 2 aliphatic heterocycles. The third-order valence-corrected chi connectivity index (χ3v) is 8.93. The molecule has 2 heterocycles. The van der Waals surface area contributed by atoms with Gasteiger partial charge in [0.1, 0.15) is 11.3 Å². The number of piperidine rings is 1. The van der Waals surface area contributed by atoms with E-state index in [1.54, 1.807) is 14.0 Å². The second-order valence-corrected chi connectivity index (χ2v) is 17.6. The van der Waals surface area contributed by atoms with Gasteiger partial charge in [0.2, 0.25) is 0 Å². The Morgan fingerprint density at radius 2 is 1.36 bits per heavy atom. The lowest BCUT2D eigenvalue weighted by Crippen LogP contribution is -2.49. The van der Waals surface area contributed by atoms with Crippen LogP contribution < -0.4 is 26.0 Å². The maximum absolute atomic E-state index is 12.6. The van der Waals surface area contributed by atoms with E-state index in [2.05, 4.69) is 111 Å². The van der Waals surface area contributed by atoms with E-state index in [0.29, 0.717) is 19.1 Å². The summed E-state index contributed by atoms with van der Waals surface area (Å²) in [5.41, 5.74) is 1.67. The molecule has 0 spiro atoms. The summed E-state index contributed by atoms with van der Waals surface area (Å²) in [5.74, 6) is 0.738. The maximum atomic E-state index is 12.6. The van der Waals surface area contributed by atoms with Crippen LogP contribution in [0.15, 0.2) is 54.6 Å². The van der Waals surface area contributed by atoms with Crippen LogP contribution >= 0.6 is 0 Å². The number of nitrogens with zero attached hydrogens (tertiary/aromatic N) is 3. The van der Waals surface area contributed by atoms with Crippen LogP contribution in [0.5, 0.6) is 5.75 Å². The number of likely N-dealkylation sites (N-methyl/N-ethyl adjacent to an activating group) is 1. The predicted molar refractivity (Wildman–Crippen MR) is 224 cm³/mol. The lowest BCUT2D eigenvalue weighted by Gasteiger charge is -2.36. The van der Waals surface area contributed by atoms with Gasteiger partial charge < -0.3 is 35.8 Å². The number of carbonyl (C=O) groups is 2.